The van der Waals surface area contributed by atoms with Crippen molar-refractivity contribution in [1.82, 2.24) is 19.1 Å². The summed E-state index contributed by atoms with van der Waals surface area (Å²) in [6.07, 6.45) is 3.61. The maximum absolute atomic E-state index is 12.3. The normalized spacial score (nSPS) is 11.7. The van der Waals surface area contributed by atoms with Crippen LogP contribution < -0.4 is 0 Å². The van der Waals surface area contributed by atoms with E-state index in [1.165, 1.54) is 11.1 Å². The molecular weight excluding hydrogens is 661 g/mol. The third-order valence-electron chi connectivity index (χ3n) is 10.3. The Morgan fingerprint density at radius 1 is 0.528 bits per heavy atom. The summed E-state index contributed by atoms with van der Waals surface area (Å²) in [6.45, 7) is 5.44. The molecule has 0 spiro atoms. The predicted octanol–water partition coefficient (Wildman–Crippen LogP) is 9.76. The van der Waals surface area contributed by atoms with Crippen LogP contribution in [0, 0.1) is 13.8 Å². The zero-order chi connectivity index (χ0) is 36.6. The second-order valence-electron chi connectivity index (χ2n) is 14.0. The molecule has 8 nitrogen and oxygen atoms in total. The average Bonchev–Trinajstić information content (AvgIpc) is 3.65. The SMILES string of the molecule is Cc1ccc(Cn2c3ccccc3c3cc(C(=O)O)nc(CCCCCc4nc(C(=O)O)cc5c6ccccc6n(Cc6ccc(C)cc6)c45)c32)cc1. The zero-order valence-corrected chi connectivity index (χ0v) is 29.8. The number of rotatable bonds is 12. The van der Waals surface area contributed by atoms with Gasteiger partial charge in [-0.05, 0) is 74.9 Å². The number of unbranched alkanes of at least 4 members (excludes halogenated alkanes) is 2. The average molecular weight is 701 g/mol. The molecule has 0 amide bonds. The summed E-state index contributed by atoms with van der Waals surface area (Å²) in [5, 5.41) is 23.9. The Bertz CT molecular complexity index is 2480. The molecule has 4 aromatic heterocycles. The van der Waals surface area contributed by atoms with Crippen LogP contribution in [0.25, 0.3) is 43.6 Å². The molecule has 4 heterocycles. The molecule has 0 aliphatic carbocycles. The summed E-state index contributed by atoms with van der Waals surface area (Å²) in [4.78, 5) is 34.0. The van der Waals surface area contributed by atoms with Crippen molar-refractivity contribution in [1.29, 1.82) is 0 Å². The van der Waals surface area contributed by atoms with E-state index in [9.17, 15) is 19.8 Å². The number of fused-ring (bicyclic) bond motifs is 6. The van der Waals surface area contributed by atoms with Crippen molar-refractivity contribution in [2.45, 2.75) is 59.0 Å². The van der Waals surface area contributed by atoms with E-state index in [0.717, 1.165) is 85.4 Å². The van der Waals surface area contributed by atoms with Crippen LogP contribution in [0.5, 0.6) is 0 Å². The lowest BCUT2D eigenvalue weighted by molar-refractivity contribution is 0.0680. The van der Waals surface area contributed by atoms with Gasteiger partial charge in [0.2, 0.25) is 0 Å². The first kappa shape index (κ1) is 33.8. The molecule has 4 aromatic carbocycles. The van der Waals surface area contributed by atoms with Crippen molar-refractivity contribution in [2.75, 3.05) is 0 Å². The first-order valence-electron chi connectivity index (χ1n) is 18.1. The van der Waals surface area contributed by atoms with Gasteiger partial charge in [-0.25, -0.2) is 19.6 Å². The van der Waals surface area contributed by atoms with Crippen LogP contribution in [0.1, 0.15) is 73.9 Å². The molecule has 53 heavy (non-hydrogen) atoms. The molecule has 8 aromatic rings. The molecular formula is C45H40N4O4. The van der Waals surface area contributed by atoms with Crippen LogP contribution in [-0.4, -0.2) is 41.3 Å². The number of hydrogen-bond donors (Lipinski definition) is 2. The van der Waals surface area contributed by atoms with Crippen molar-refractivity contribution in [2.24, 2.45) is 0 Å². The summed E-state index contributed by atoms with van der Waals surface area (Å²) in [5.74, 6) is -2.09. The van der Waals surface area contributed by atoms with Crippen LogP contribution in [-0.2, 0) is 25.9 Å². The molecule has 0 radical (unpaired) electrons. The molecule has 8 heteroatoms. The lowest BCUT2D eigenvalue weighted by Crippen LogP contribution is -2.08. The number of carboxylic acid groups (broad SMARTS) is 2. The van der Waals surface area contributed by atoms with E-state index in [-0.39, 0.29) is 11.4 Å². The third kappa shape index (κ3) is 6.53. The number of para-hydroxylation sites is 2. The highest BCUT2D eigenvalue weighted by molar-refractivity contribution is 6.11. The summed E-state index contributed by atoms with van der Waals surface area (Å²) in [6, 6.07) is 36.7. The van der Waals surface area contributed by atoms with E-state index in [4.69, 9.17) is 9.97 Å². The van der Waals surface area contributed by atoms with E-state index in [2.05, 4.69) is 95.8 Å². The van der Waals surface area contributed by atoms with Crippen LogP contribution in [0.2, 0.25) is 0 Å². The molecule has 0 unspecified atom stereocenters. The van der Waals surface area contributed by atoms with Crippen molar-refractivity contribution in [3.8, 4) is 0 Å². The first-order valence-corrected chi connectivity index (χ1v) is 18.1. The Morgan fingerprint density at radius 2 is 0.925 bits per heavy atom. The Labute approximate surface area is 307 Å². The second-order valence-corrected chi connectivity index (χ2v) is 14.0. The molecule has 0 saturated carbocycles. The molecule has 0 saturated heterocycles. The fraction of sp³-hybridized carbons (Fsp3) is 0.200. The van der Waals surface area contributed by atoms with Gasteiger partial charge in [-0.3, -0.25) is 0 Å². The predicted molar refractivity (Wildman–Crippen MR) is 210 cm³/mol. The summed E-state index contributed by atoms with van der Waals surface area (Å²) < 4.78 is 4.54. The summed E-state index contributed by atoms with van der Waals surface area (Å²) >= 11 is 0. The smallest absolute Gasteiger partial charge is 0.354 e. The quantitative estimate of drug-likeness (QED) is 0.123. The third-order valence-corrected chi connectivity index (χ3v) is 10.3. The number of benzene rings is 4. The lowest BCUT2D eigenvalue weighted by atomic mass is 10.0. The standard InChI is InChI=1S/C45H40N4O4/c1-28-16-20-30(21-17-28)26-48-40-14-8-6-10-32(40)34-24-38(44(50)51)46-36(42(34)48)12-4-3-5-13-37-43-35(25-39(47-37)45(52)53)33-11-7-9-15-41(33)49(43)27-31-22-18-29(2)19-23-31/h6-11,14-25H,3-5,12-13,26-27H2,1-2H3,(H,50,51)(H,52,53). The van der Waals surface area contributed by atoms with E-state index in [1.807, 2.05) is 24.3 Å². The van der Waals surface area contributed by atoms with Gasteiger partial charge < -0.3 is 19.3 Å². The molecule has 2 N–H and O–H groups in total. The highest BCUT2D eigenvalue weighted by Gasteiger charge is 2.21. The number of nitrogens with zero attached hydrogens (tertiary/aromatic N) is 4. The van der Waals surface area contributed by atoms with Gasteiger partial charge >= 0.3 is 11.9 Å². The summed E-state index contributed by atoms with van der Waals surface area (Å²) in [5.41, 5.74) is 10.4. The minimum atomic E-state index is -1.04. The van der Waals surface area contributed by atoms with Crippen molar-refractivity contribution < 1.29 is 19.8 Å². The second kappa shape index (κ2) is 14.0. The van der Waals surface area contributed by atoms with Gasteiger partial charge in [0.1, 0.15) is 11.4 Å². The zero-order valence-electron chi connectivity index (χ0n) is 29.8. The minimum Gasteiger partial charge on any atom is -0.477 e. The number of carboxylic acids is 2. The van der Waals surface area contributed by atoms with E-state index in [0.29, 0.717) is 25.9 Å². The monoisotopic (exact) mass is 700 g/mol. The van der Waals surface area contributed by atoms with Gasteiger partial charge in [0.05, 0.1) is 22.4 Å². The molecule has 0 aliphatic heterocycles. The molecule has 0 bridgehead atoms. The Balaban J connectivity index is 1.11. The number of aryl methyl sites for hydroxylation is 4. The van der Waals surface area contributed by atoms with Gasteiger partial charge in [-0.15, -0.1) is 0 Å². The first-order chi connectivity index (χ1) is 25.7. The van der Waals surface area contributed by atoms with E-state index >= 15 is 0 Å². The molecule has 0 atom stereocenters. The summed E-state index contributed by atoms with van der Waals surface area (Å²) in [7, 11) is 0. The van der Waals surface area contributed by atoms with E-state index in [1.54, 1.807) is 12.1 Å². The van der Waals surface area contributed by atoms with Gasteiger partial charge in [-0.2, -0.15) is 0 Å². The molecule has 8 rings (SSSR count). The Kier molecular flexibility index (Phi) is 8.96. The van der Waals surface area contributed by atoms with Crippen LogP contribution in [0.3, 0.4) is 0 Å². The molecule has 0 fully saturated rings. The van der Waals surface area contributed by atoms with Crippen molar-refractivity contribution >= 4 is 55.6 Å². The van der Waals surface area contributed by atoms with Gasteiger partial charge in [0, 0.05) is 45.7 Å². The maximum Gasteiger partial charge on any atom is 0.354 e. The van der Waals surface area contributed by atoms with Gasteiger partial charge in [-0.1, -0.05) is 102 Å². The number of carbonyl (C=O) groups is 2. The number of aromatic carboxylic acids is 2. The number of pyridine rings is 2. The van der Waals surface area contributed by atoms with Crippen LogP contribution in [0.15, 0.2) is 109 Å². The number of hydrogen-bond acceptors (Lipinski definition) is 4. The molecule has 264 valence electrons. The Hall–Kier alpha value is -6.28. The highest BCUT2D eigenvalue weighted by atomic mass is 16.4. The topological polar surface area (TPSA) is 110 Å². The fourth-order valence-corrected chi connectivity index (χ4v) is 7.72. The van der Waals surface area contributed by atoms with E-state index < -0.39 is 11.9 Å². The van der Waals surface area contributed by atoms with Gasteiger partial charge in [0.25, 0.3) is 0 Å². The van der Waals surface area contributed by atoms with Crippen molar-refractivity contribution in [3.05, 3.63) is 154 Å². The fourth-order valence-electron chi connectivity index (χ4n) is 7.72. The van der Waals surface area contributed by atoms with Crippen molar-refractivity contribution in [3.63, 3.8) is 0 Å². The van der Waals surface area contributed by atoms with Crippen LogP contribution in [0.4, 0.5) is 0 Å². The lowest BCUT2D eigenvalue weighted by Gasteiger charge is -2.13. The Morgan fingerprint density at radius 3 is 1.32 bits per heavy atom. The number of aromatic nitrogens is 4. The maximum atomic E-state index is 12.3. The highest BCUT2D eigenvalue weighted by Crippen LogP contribution is 2.35. The largest absolute Gasteiger partial charge is 0.477 e. The molecule has 0 aliphatic rings. The van der Waals surface area contributed by atoms with Crippen LogP contribution >= 0.6 is 0 Å². The minimum absolute atomic E-state index is 0.0456. The van der Waals surface area contributed by atoms with Gasteiger partial charge in [0.15, 0.2) is 0 Å².